The van der Waals surface area contributed by atoms with E-state index in [1.807, 2.05) is 0 Å². The summed E-state index contributed by atoms with van der Waals surface area (Å²) in [6.07, 6.45) is 0. The summed E-state index contributed by atoms with van der Waals surface area (Å²) >= 11 is 0. The molecule has 4 nitrogen and oxygen atoms in total. The number of fused-ring (bicyclic) bond motifs is 1. The summed E-state index contributed by atoms with van der Waals surface area (Å²) in [6.45, 7) is 8.50. The van der Waals surface area contributed by atoms with Crippen molar-refractivity contribution in [3.05, 3.63) is 0 Å². The molecule has 14 heavy (non-hydrogen) atoms. The highest BCUT2D eigenvalue weighted by Crippen LogP contribution is 2.36. The Morgan fingerprint density at radius 3 is 2.07 bits per heavy atom. The van der Waals surface area contributed by atoms with Crippen molar-refractivity contribution >= 4 is 5.97 Å². The van der Waals surface area contributed by atoms with E-state index in [9.17, 15) is 4.79 Å². The number of carbonyl (C=O) groups is 1. The van der Waals surface area contributed by atoms with Crippen LogP contribution in [0.1, 0.15) is 20.8 Å². The Morgan fingerprint density at radius 1 is 1.50 bits per heavy atom. The standard InChI is InChI=1S/C5H10N2.C5H10O2/c6-1-4-2-7-3-5(4)7;1-5(2,3)4(6)7/h4-5H,1-3,6H2;1-3H3,(H,6,7). The normalized spacial score (nSPS) is 33.3. The molecule has 2 fully saturated rings. The van der Waals surface area contributed by atoms with Gasteiger partial charge in [-0.15, -0.1) is 0 Å². The van der Waals surface area contributed by atoms with Crippen LogP contribution in [-0.2, 0) is 4.79 Å². The fourth-order valence-corrected chi connectivity index (χ4v) is 1.37. The summed E-state index contributed by atoms with van der Waals surface area (Å²) in [4.78, 5) is 12.5. The molecule has 2 rings (SSSR count). The van der Waals surface area contributed by atoms with Gasteiger partial charge in [-0.05, 0) is 27.3 Å². The maximum atomic E-state index is 10.0. The molecular weight excluding hydrogens is 180 g/mol. The highest BCUT2D eigenvalue weighted by Gasteiger charge is 2.50. The van der Waals surface area contributed by atoms with E-state index in [0.29, 0.717) is 0 Å². The second-order valence-electron chi connectivity index (χ2n) is 5.07. The zero-order valence-electron chi connectivity index (χ0n) is 9.16. The Bertz CT molecular complexity index is 223. The van der Waals surface area contributed by atoms with Crippen molar-refractivity contribution in [1.29, 1.82) is 0 Å². The van der Waals surface area contributed by atoms with Gasteiger partial charge in [0, 0.05) is 25.0 Å². The Morgan fingerprint density at radius 2 is 2.00 bits per heavy atom. The van der Waals surface area contributed by atoms with Crippen molar-refractivity contribution in [3.8, 4) is 0 Å². The predicted octanol–water partition coefficient (Wildman–Crippen LogP) is 0.376. The fraction of sp³-hybridized carbons (Fsp3) is 0.900. The molecule has 2 heterocycles. The van der Waals surface area contributed by atoms with Crippen LogP contribution in [0.2, 0.25) is 0 Å². The topological polar surface area (TPSA) is 66.3 Å². The van der Waals surface area contributed by atoms with Gasteiger partial charge in [0.2, 0.25) is 0 Å². The van der Waals surface area contributed by atoms with Gasteiger partial charge >= 0.3 is 5.97 Å². The van der Waals surface area contributed by atoms with E-state index < -0.39 is 11.4 Å². The van der Waals surface area contributed by atoms with Crippen LogP contribution in [0, 0.1) is 11.3 Å². The molecular formula is C10H20N2O2. The number of aliphatic carboxylic acids is 1. The summed E-state index contributed by atoms with van der Waals surface area (Å²) in [5, 5.41) is 8.25. The number of hydrogen-bond donors (Lipinski definition) is 2. The first-order valence-electron chi connectivity index (χ1n) is 5.03. The van der Waals surface area contributed by atoms with Crippen LogP contribution >= 0.6 is 0 Å². The lowest BCUT2D eigenvalue weighted by atomic mass is 9.98. The van der Waals surface area contributed by atoms with Crippen molar-refractivity contribution in [2.24, 2.45) is 17.1 Å². The zero-order valence-corrected chi connectivity index (χ0v) is 9.16. The summed E-state index contributed by atoms with van der Waals surface area (Å²) in [7, 11) is 0. The number of nitrogens with two attached hydrogens (primary N) is 1. The third-order valence-electron chi connectivity index (χ3n) is 2.71. The average Bonchev–Trinajstić information content (AvgIpc) is 2.62. The number of hydrogen-bond acceptors (Lipinski definition) is 3. The van der Waals surface area contributed by atoms with Gasteiger partial charge in [-0.3, -0.25) is 9.69 Å². The van der Waals surface area contributed by atoms with E-state index in [4.69, 9.17) is 10.8 Å². The summed E-state index contributed by atoms with van der Waals surface area (Å²) in [5.41, 5.74) is 4.84. The summed E-state index contributed by atoms with van der Waals surface area (Å²) in [5.74, 6) is 0.104. The molecule has 4 heteroatoms. The quantitative estimate of drug-likeness (QED) is 0.600. The second-order valence-corrected chi connectivity index (χ2v) is 5.07. The van der Waals surface area contributed by atoms with E-state index in [1.165, 1.54) is 13.1 Å². The second kappa shape index (κ2) is 3.87. The van der Waals surface area contributed by atoms with E-state index in [0.717, 1.165) is 18.5 Å². The van der Waals surface area contributed by atoms with Gasteiger partial charge in [-0.2, -0.15) is 0 Å². The van der Waals surface area contributed by atoms with Gasteiger partial charge in [0.15, 0.2) is 0 Å². The third kappa shape index (κ3) is 2.69. The van der Waals surface area contributed by atoms with Crippen molar-refractivity contribution in [2.45, 2.75) is 26.8 Å². The van der Waals surface area contributed by atoms with Crippen LogP contribution in [0.3, 0.4) is 0 Å². The van der Waals surface area contributed by atoms with Crippen molar-refractivity contribution < 1.29 is 9.90 Å². The van der Waals surface area contributed by atoms with Crippen molar-refractivity contribution in [1.82, 2.24) is 4.90 Å². The van der Waals surface area contributed by atoms with Crippen LogP contribution in [0.5, 0.6) is 0 Å². The van der Waals surface area contributed by atoms with Crippen LogP contribution in [-0.4, -0.2) is 41.7 Å². The van der Waals surface area contributed by atoms with Gasteiger partial charge in [0.25, 0.3) is 0 Å². The lowest BCUT2D eigenvalue weighted by Gasteiger charge is -2.23. The lowest BCUT2D eigenvalue weighted by molar-refractivity contribution is -0.145. The smallest absolute Gasteiger partial charge is 0.308 e. The van der Waals surface area contributed by atoms with Gasteiger partial charge < -0.3 is 10.8 Å². The van der Waals surface area contributed by atoms with E-state index in [-0.39, 0.29) is 0 Å². The molecule has 2 saturated heterocycles. The maximum absolute atomic E-state index is 10.0. The number of carboxylic acid groups (broad SMARTS) is 1. The van der Waals surface area contributed by atoms with E-state index in [2.05, 4.69) is 4.90 Å². The van der Waals surface area contributed by atoms with Gasteiger partial charge in [-0.1, -0.05) is 0 Å². The summed E-state index contributed by atoms with van der Waals surface area (Å²) < 4.78 is 0. The average molecular weight is 200 g/mol. The van der Waals surface area contributed by atoms with Gasteiger partial charge in [0.05, 0.1) is 5.41 Å². The monoisotopic (exact) mass is 200 g/mol. The van der Waals surface area contributed by atoms with Crippen LogP contribution in [0.25, 0.3) is 0 Å². The minimum atomic E-state index is -0.757. The molecule has 2 aliphatic heterocycles. The molecule has 0 aromatic heterocycles. The molecule has 0 aromatic carbocycles. The Balaban J connectivity index is 0.000000140. The van der Waals surface area contributed by atoms with Crippen LogP contribution in [0.4, 0.5) is 0 Å². The highest BCUT2D eigenvalue weighted by molar-refractivity contribution is 5.72. The number of carboxylic acids is 1. The van der Waals surface area contributed by atoms with Crippen LogP contribution < -0.4 is 5.73 Å². The molecule has 82 valence electrons. The molecule has 0 saturated carbocycles. The molecule has 2 aliphatic rings. The molecule has 3 N–H and O–H groups in total. The first-order valence-corrected chi connectivity index (χ1v) is 5.03. The van der Waals surface area contributed by atoms with E-state index in [1.54, 1.807) is 20.8 Å². The first-order chi connectivity index (χ1) is 6.36. The first kappa shape index (κ1) is 11.5. The Labute approximate surface area is 85.1 Å². The highest BCUT2D eigenvalue weighted by atomic mass is 16.4. The SMILES string of the molecule is CC(C)(C)C(=O)O.NCC1CN2CC12. The zero-order chi connectivity index (χ0) is 10.9. The minimum absolute atomic E-state index is 0.583. The number of rotatable bonds is 1. The Hall–Kier alpha value is -0.610. The van der Waals surface area contributed by atoms with Crippen molar-refractivity contribution in [2.75, 3.05) is 19.6 Å². The molecule has 3 atom stereocenters. The van der Waals surface area contributed by atoms with Crippen LogP contribution in [0.15, 0.2) is 0 Å². The lowest BCUT2D eigenvalue weighted by Crippen LogP contribution is -2.37. The molecule has 0 radical (unpaired) electrons. The van der Waals surface area contributed by atoms with Gasteiger partial charge in [-0.25, -0.2) is 0 Å². The molecule has 0 aromatic rings. The van der Waals surface area contributed by atoms with Gasteiger partial charge in [0.1, 0.15) is 0 Å². The largest absolute Gasteiger partial charge is 0.481 e. The van der Waals surface area contributed by atoms with Crippen molar-refractivity contribution in [3.63, 3.8) is 0 Å². The molecule has 0 amide bonds. The predicted molar refractivity (Wildman–Crippen MR) is 55.0 cm³/mol. The summed E-state index contributed by atoms with van der Waals surface area (Å²) in [6, 6.07) is 0.921. The molecule has 0 aliphatic carbocycles. The van der Waals surface area contributed by atoms with E-state index >= 15 is 0 Å². The third-order valence-corrected chi connectivity index (χ3v) is 2.71. The molecule has 3 unspecified atom stereocenters. The maximum Gasteiger partial charge on any atom is 0.308 e. The molecule has 0 spiro atoms. The molecule has 0 bridgehead atoms. The number of nitrogens with zero attached hydrogens (tertiary/aromatic N) is 1. The minimum Gasteiger partial charge on any atom is -0.481 e. The fourth-order valence-electron chi connectivity index (χ4n) is 1.37. The Kier molecular flexibility index (Phi) is 3.17.